The molecule has 126 valence electrons. The van der Waals surface area contributed by atoms with Crippen molar-refractivity contribution in [2.24, 2.45) is 0 Å². The van der Waals surface area contributed by atoms with E-state index in [-0.39, 0.29) is 13.0 Å². The molecule has 0 unspecified atom stereocenters. The van der Waals surface area contributed by atoms with Gasteiger partial charge in [-0.2, -0.15) is 0 Å². The number of hydrogen-bond donors (Lipinski definition) is 1. The van der Waals surface area contributed by atoms with Gasteiger partial charge in [0.2, 0.25) is 12.5 Å². The van der Waals surface area contributed by atoms with E-state index in [1.807, 2.05) is 12.1 Å². The van der Waals surface area contributed by atoms with E-state index in [9.17, 15) is 0 Å². The molecule has 2 aliphatic rings. The van der Waals surface area contributed by atoms with Crippen LogP contribution in [0, 0.1) is 0 Å². The second-order valence-corrected chi connectivity index (χ2v) is 6.29. The Hall–Kier alpha value is -2.18. The van der Waals surface area contributed by atoms with Crippen molar-refractivity contribution in [3.05, 3.63) is 40.5 Å². The molecule has 0 fully saturated rings. The average molecular weight is 348 g/mol. The SMILES string of the molecule is COc1c2c(cc3c1[C@H](Nc1ccc(Cl)cn1)N(C)CC3)OCO2. The number of rotatable bonds is 3. The van der Waals surface area contributed by atoms with E-state index in [4.69, 9.17) is 25.8 Å². The summed E-state index contributed by atoms with van der Waals surface area (Å²) < 4.78 is 16.8. The molecule has 1 atom stereocenters. The van der Waals surface area contributed by atoms with Gasteiger partial charge in [0.15, 0.2) is 11.5 Å². The smallest absolute Gasteiger partial charge is 0.231 e. The van der Waals surface area contributed by atoms with Crippen molar-refractivity contribution < 1.29 is 14.2 Å². The molecule has 0 saturated carbocycles. The number of aromatic nitrogens is 1. The summed E-state index contributed by atoms with van der Waals surface area (Å²) in [5, 5.41) is 4.07. The zero-order valence-corrected chi connectivity index (χ0v) is 14.3. The van der Waals surface area contributed by atoms with Crippen LogP contribution in [0.5, 0.6) is 17.2 Å². The van der Waals surface area contributed by atoms with Crippen molar-refractivity contribution in [2.75, 3.05) is 32.8 Å². The van der Waals surface area contributed by atoms with Crippen LogP contribution in [-0.4, -0.2) is 37.4 Å². The summed E-state index contributed by atoms with van der Waals surface area (Å²) in [6.07, 6.45) is 2.47. The van der Waals surface area contributed by atoms with Crippen LogP contribution < -0.4 is 19.5 Å². The maximum atomic E-state index is 5.92. The molecule has 6 nitrogen and oxygen atoms in total. The van der Waals surface area contributed by atoms with Crippen LogP contribution in [0.4, 0.5) is 5.82 Å². The standard InChI is InChI=1S/C17H18ClN3O3/c1-21-6-5-10-7-12-15(24-9-23-12)16(22-2)14(10)17(21)20-13-4-3-11(18)8-19-13/h3-4,7-8,17H,5-6,9H2,1-2H3,(H,19,20)/t17-/m1/s1. The van der Waals surface area contributed by atoms with Crippen LogP contribution in [0.1, 0.15) is 17.3 Å². The van der Waals surface area contributed by atoms with Gasteiger partial charge in [-0.1, -0.05) is 11.6 Å². The monoisotopic (exact) mass is 347 g/mol. The first-order valence-corrected chi connectivity index (χ1v) is 8.13. The number of hydrogen-bond acceptors (Lipinski definition) is 6. The molecule has 0 amide bonds. The molecule has 0 radical (unpaired) electrons. The van der Waals surface area contributed by atoms with Gasteiger partial charge in [0.05, 0.1) is 12.1 Å². The van der Waals surface area contributed by atoms with Crippen molar-refractivity contribution in [2.45, 2.75) is 12.6 Å². The van der Waals surface area contributed by atoms with Gasteiger partial charge in [0, 0.05) is 18.3 Å². The molecule has 2 aromatic rings. The number of pyridine rings is 1. The van der Waals surface area contributed by atoms with E-state index < -0.39 is 0 Å². The Morgan fingerprint density at radius 1 is 1.38 bits per heavy atom. The summed E-state index contributed by atoms with van der Waals surface area (Å²) >= 11 is 5.92. The summed E-state index contributed by atoms with van der Waals surface area (Å²) in [5.74, 6) is 2.89. The van der Waals surface area contributed by atoms with E-state index in [2.05, 4.69) is 28.3 Å². The van der Waals surface area contributed by atoms with Crippen LogP contribution >= 0.6 is 11.6 Å². The minimum Gasteiger partial charge on any atom is -0.492 e. The number of likely N-dealkylation sites (N-methyl/N-ethyl adjacent to an activating group) is 1. The third kappa shape index (κ3) is 2.52. The highest BCUT2D eigenvalue weighted by Gasteiger charge is 2.34. The number of methoxy groups -OCH3 is 1. The highest BCUT2D eigenvalue weighted by molar-refractivity contribution is 6.30. The van der Waals surface area contributed by atoms with Gasteiger partial charge in [0.25, 0.3) is 0 Å². The average Bonchev–Trinajstić information content (AvgIpc) is 3.05. The fraction of sp³-hybridized carbons (Fsp3) is 0.353. The fourth-order valence-corrected chi connectivity index (χ4v) is 3.33. The highest BCUT2D eigenvalue weighted by Crippen LogP contribution is 2.49. The lowest BCUT2D eigenvalue weighted by molar-refractivity contribution is 0.170. The normalized spacial score (nSPS) is 19.0. The van der Waals surface area contributed by atoms with Crippen LogP contribution in [0.2, 0.25) is 5.02 Å². The van der Waals surface area contributed by atoms with E-state index in [0.717, 1.165) is 35.8 Å². The molecule has 0 bridgehead atoms. The highest BCUT2D eigenvalue weighted by atomic mass is 35.5. The Morgan fingerprint density at radius 3 is 3.00 bits per heavy atom. The van der Waals surface area contributed by atoms with E-state index in [1.165, 1.54) is 5.56 Å². The Labute approximate surface area is 145 Å². The second-order valence-electron chi connectivity index (χ2n) is 5.86. The molecule has 3 heterocycles. The van der Waals surface area contributed by atoms with Crippen LogP contribution in [0.25, 0.3) is 0 Å². The number of benzene rings is 1. The van der Waals surface area contributed by atoms with Crippen molar-refractivity contribution in [1.82, 2.24) is 9.88 Å². The first-order valence-electron chi connectivity index (χ1n) is 7.75. The Bertz CT molecular complexity index is 767. The first-order chi connectivity index (χ1) is 11.7. The number of halogens is 1. The molecule has 0 saturated heterocycles. The lowest BCUT2D eigenvalue weighted by atomic mass is 9.95. The fourth-order valence-electron chi connectivity index (χ4n) is 3.22. The number of nitrogens with zero attached hydrogens (tertiary/aromatic N) is 2. The molecule has 24 heavy (non-hydrogen) atoms. The zero-order chi connectivity index (χ0) is 16.7. The predicted molar refractivity (Wildman–Crippen MR) is 91.1 cm³/mol. The second kappa shape index (κ2) is 6.03. The maximum Gasteiger partial charge on any atom is 0.231 e. The number of nitrogens with one attached hydrogen (secondary N) is 1. The molecule has 7 heteroatoms. The minimum absolute atomic E-state index is 0.0770. The van der Waals surface area contributed by atoms with Crippen molar-refractivity contribution in [3.63, 3.8) is 0 Å². The number of ether oxygens (including phenoxy) is 3. The number of anilines is 1. The van der Waals surface area contributed by atoms with Crippen molar-refractivity contribution in [1.29, 1.82) is 0 Å². The van der Waals surface area contributed by atoms with Gasteiger partial charge in [0.1, 0.15) is 12.0 Å². The van der Waals surface area contributed by atoms with Crippen molar-refractivity contribution in [3.8, 4) is 17.2 Å². The van der Waals surface area contributed by atoms with Gasteiger partial charge in [-0.15, -0.1) is 0 Å². The van der Waals surface area contributed by atoms with Crippen molar-refractivity contribution >= 4 is 17.4 Å². The maximum absolute atomic E-state index is 5.92. The summed E-state index contributed by atoms with van der Waals surface area (Å²) in [5.41, 5.74) is 2.26. The summed E-state index contributed by atoms with van der Waals surface area (Å²) in [6.45, 7) is 1.14. The van der Waals surface area contributed by atoms with Gasteiger partial charge < -0.3 is 19.5 Å². The van der Waals surface area contributed by atoms with Gasteiger partial charge >= 0.3 is 0 Å². The lowest BCUT2D eigenvalue weighted by Gasteiger charge is -2.36. The summed E-state index contributed by atoms with van der Waals surface area (Å²) in [4.78, 5) is 6.57. The Kier molecular flexibility index (Phi) is 3.86. The molecule has 1 aromatic heterocycles. The number of fused-ring (bicyclic) bond motifs is 2. The topological polar surface area (TPSA) is 55.9 Å². The molecular formula is C17H18ClN3O3. The molecule has 1 N–H and O–H groups in total. The zero-order valence-electron chi connectivity index (χ0n) is 13.5. The summed E-state index contributed by atoms with van der Waals surface area (Å²) in [6, 6.07) is 5.73. The summed E-state index contributed by atoms with van der Waals surface area (Å²) in [7, 11) is 3.73. The largest absolute Gasteiger partial charge is 0.492 e. The molecule has 0 spiro atoms. The quantitative estimate of drug-likeness (QED) is 0.921. The third-order valence-corrected chi connectivity index (χ3v) is 4.63. The van der Waals surface area contributed by atoms with Crippen LogP contribution in [-0.2, 0) is 6.42 Å². The first kappa shape index (κ1) is 15.4. The van der Waals surface area contributed by atoms with E-state index in [0.29, 0.717) is 10.8 Å². The molecular weight excluding hydrogens is 330 g/mol. The van der Waals surface area contributed by atoms with Gasteiger partial charge in [-0.3, -0.25) is 4.90 Å². The Morgan fingerprint density at radius 2 is 2.25 bits per heavy atom. The lowest BCUT2D eigenvalue weighted by Crippen LogP contribution is -2.37. The Balaban J connectivity index is 1.78. The third-order valence-electron chi connectivity index (χ3n) is 4.41. The molecule has 2 aliphatic heterocycles. The molecule has 4 rings (SSSR count). The predicted octanol–water partition coefficient (Wildman–Crippen LogP) is 3.07. The van der Waals surface area contributed by atoms with E-state index >= 15 is 0 Å². The molecule has 0 aliphatic carbocycles. The van der Waals surface area contributed by atoms with E-state index in [1.54, 1.807) is 13.3 Å². The van der Waals surface area contributed by atoms with Gasteiger partial charge in [-0.25, -0.2) is 4.98 Å². The van der Waals surface area contributed by atoms with Crippen LogP contribution in [0.3, 0.4) is 0 Å². The van der Waals surface area contributed by atoms with Gasteiger partial charge in [-0.05, 0) is 37.2 Å². The molecule has 1 aromatic carbocycles. The van der Waals surface area contributed by atoms with Crippen LogP contribution in [0.15, 0.2) is 24.4 Å². The minimum atomic E-state index is -0.0770.